The number of piperidine rings is 1. The third-order valence-electron chi connectivity index (χ3n) is 4.63. The fourth-order valence-electron chi connectivity index (χ4n) is 3.28. The van der Waals surface area contributed by atoms with Crippen molar-refractivity contribution in [1.82, 2.24) is 0 Å². The van der Waals surface area contributed by atoms with Gasteiger partial charge in [0, 0.05) is 34.9 Å². The summed E-state index contributed by atoms with van der Waals surface area (Å²) in [5.74, 6) is -0.409. The molecule has 1 saturated heterocycles. The van der Waals surface area contributed by atoms with Crippen LogP contribution < -0.4 is 10.2 Å². The normalized spacial score (nSPS) is 17.0. The number of carbonyl (C=O) groups is 1. The van der Waals surface area contributed by atoms with Crippen LogP contribution in [-0.4, -0.2) is 23.4 Å². The van der Waals surface area contributed by atoms with Crippen LogP contribution in [0.15, 0.2) is 42.5 Å². The van der Waals surface area contributed by atoms with Crippen LogP contribution in [0, 0.1) is 10.1 Å². The van der Waals surface area contributed by atoms with Gasteiger partial charge in [-0.25, -0.2) is 0 Å². The predicted molar refractivity (Wildman–Crippen MR) is 103 cm³/mol. The SMILES string of the molecule is C[C@H]1CCCCN1c1ccc(C(=O)Nc2cccc(Cl)c2)cc1[N+](=O)[O-]. The molecule has 1 heterocycles. The van der Waals surface area contributed by atoms with Gasteiger partial charge in [0.2, 0.25) is 0 Å². The largest absolute Gasteiger partial charge is 0.363 e. The molecule has 0 radical (unpaired) electrons. The Kier molecular flexibility index (Phi) is 5.42. The molecule has 26 heavy (non-hydrogen) atoms. The lowest BCUT2D eigenvalue weighted by molar-refractivity contribution is -0.384. The zero-order chi connectivity index (χ0) is 18.7. The first-order chi connectivity index (χ1) is 12.5. The summed E-state index contributed by atoms with van der Waals surface area (Å²) < 4.78 is 0. The van der Waals surface area contributed by atoms with Gasteiger partial charge in [-0.3, -0.25) is 14.9 Å². The highest BCUT2D eigenvalue weighted by Gasteiger charge is 2.26. The van der Waals surface area contributed by atoms with E-state index in [2.05, 4.69) is 17.1 Å². The molecule has 0 unspecified atom stereocenters. The average molecular weight is 374 g/mol. The van der Waals surface area contributed by atoms with E-state index >= 15 is 0 Å². The van der Waals surface area contributed by atoms with Gasteiger partial charge in [-0.05, 0) is 56.5 Å². The molecule has 0 aliphatic carbocycles. The first-order valence-corrected chi connectivity index (χ1v) is 8.95. The molecule has 0 aromatic heterocycles. The Labute approximate surface area is 156 Å². The summed E-state index contributed by atoms with van der Waals surface area (Å²) in [5, 5.41) is 14.8. The van der Waals surface area contributed by atoms with Crippen molar-refractivity contribution in [3.8, 4) is 0 Å². The van der Waals surface area contributed by atoms with Crippen LogP contribution in [0.5, 0.6) is 0 Å². The monoisotopic (exact) mass is 373 g/mol. The van der Waals surface area contributed by atoms with E-state index in [9.17, 15) is 14.9 Å². The number of hydrogen-bond acceptors (Lipinski definition) is 4. The van der Waals surface area contributed by atoms with Gasteiger partial charge in [0.15, 0.2) is 0 Å². The molecule has 1 fully saturated rings. The maximum atomic E-state index is 12.5. The minimum atomic E-state index is -0.424. The van der Waals surface area contributed by atoms with Gasteiger partial charge in [-0.2, -0.15) is 0 Å². The van der Waals surface area contributed by atoms with E-state index in [0.29, 0.717) is 16.4 Å². The number of anilines is 2. The van der Waals surface area contributed by atoms with Gasteiger partial charge < -0.3 is 10.2 Å². The van der Waals surface area contributed by atoms with Crippen LogP contribution >= 0.6 is 11.6 Å². The van der Waals surface area contributed by atoms with Crippen LogP contribution in [0.3, 0.4) is 0 Å². The van der Waals surface area contributed by atoms with E-state index < -0.39 is 10.8 Å². The molecule has 136 valence electrons. The summed E-state index contributed by atoms with van der Waals surface area (Å²) >= 11 is 5.92. The Hall–Kier alpha value is -2.60. The Bertz CT molecular complexity index is 841. The molecule has 1 aliphatic rings. The van der Waals surface area contributed by atoms with Crippen molar-refractivity contribution in [3.05, 3.63) is 63.2 Å². The summed E-state index contributed by atoms with van der Waals surface area (Å²) in [5.41, 5.74) is 1.31. The number of nitro benzene ring substituents is 1. The molecule has 1 amide bonds. The number of nitrogens with one attached hydrogen (secondary N) is 1. The van der Waals surface area contributed by atoms with E-state index in [1.807, 2.05) is 0 Å². The van der Waals surface area contributed by atoms with Gasteiger partial charge >= 0.3 is 0 Å². The summed E-state index contributed by atoms with van der Waals surface area (Å²) in [4.78, 5) is 25.7. The standard InChI is InChI=1S/C19H20ClN3O3/c1-13-5-2-3-10-22(13)17-9-8-14(11-18(17)23(25)26)19(24)21-16-7-4-6-15(20)12-16/h4,6-9,11-13H,2-3,5,10H2,1H3,(H,21,24)/t13-/m0/s1. The molecule has 1 N–H and O–H groups in total. The molecule has 0 spiro atoms. The molecule has 2 aromatic carbocycles. The van der Waals surface area contributed by atoms with Crippen molar-refractivity contribution >= 4 is 34.6 Å². The molecule has 0 saturated carbocycles. The van der Waals surface area contributed by atoms with Gasteiger partial charge in [0.1, 0.15) is 5.69 Å². The maximum absolute atomic E-state index is 12.5. The molecule has 1 atom stereocenters. The number of rotatable bonds is 4. The van der Waals surface area contributed by atoms with Crippen molar-refractivity contribution in [2.45, 2.75) is 32.2 Å². The lowest BCUT2D eigenvalue weighted by Gasteiger charge is -2.35. The summed E-state index contributed by atoms with van der Waals surface area (Å²) in [6.45, 7) is 2.86. The van der Waals surface area contributed by atoms with Crippen molar-refractivity contribution in [2.75, 3.05) is 16.8 Å². The van der Waals surface area contributed by atoms with Crippen molar-refractivity contribution in [1.29, 1.82) is 0 Å². The number of nitrogens with zero attached hydrogens (tertiary/aromatic N) is 2. The Morgan fingerprint density at radius 2 is 2.08 bits per heavy atom. The van der Waals surface area contributed by atoms with Gasteiger partial charge in [0.05, 0.1) is 4.92 Å². The van der Waals surface area contributed by atoms with E-state index in [0.717, 1.165) is 25.8 Å². The lowest BCUT2D eigenvalue weighted by atomic mass is 10.0. The molecule has 2 aromatic rings. The molecular weight excluding hydrogens is 354 g/mol. The van der Waals surface area contributed by atoms with E-state index in [4.69, 9.17) is 11.6 Å². The number of halogens is 1. The number of hydrogen-bond donors (Lipinski definition) is 1. The van der Waals surface area contributed by atoms with Gasteiger partial charge in [-0.1, -0.05) is 17.7 Å². The first-order valence-electron chi connectivity index (χ1n) is 8.57. The highest BCUT2D eigenvalue weighted by molar-refractivity contribution is 6.31. The van der Waals surface area contributed by atoms with Crippen LogP contribution in [0.2, 0.25) is 5.02 Å². The lowest BCUT2D eigenvalue weighted by Crippen LogP contribution is -2.37. The fourth-order valence-corrected chi connectivity index (χ4v) is 3.47. The molecule has 7 heteroatoms. The molecule has 6 nitrogen and oxygen atoms in total. The van der Waals surface area contributed by atoms with Crippen LogP contribution in [0.1, 0.15) is 36.5 Å². The van der Waals surface area contributed by atoms with Crippen LogP contribution in [0.25, 0.3) is 0 Å². The second-order valence-electron chi connectivity index (χ2n) is 6.46. The van der Waals surface area contributed by atoms with Crippen molar-refractivity contribution in [2.24, 2.45) is 0 Å². The Balaban J connectivity index is 1.88. The second kappa shape index (κ2) is 7.74. The van der Waals surface area contributed by atoms with Crippen molar-refractivity contribution in [3.63, 3.8) is 0 Å². The highest BCUT2D eigenvalue weighted by Crippen LogP contribution is 2.33. The predicted octanol–water partition coefficient (Wildman–Crippen LogP) is 4.88. The molecule has 0 bridgehead atoms. The molecule has 1 aliphatic heterocycles. The summed E-state index contributed by atoms with van der Waals surface area (Å²) in [6, 6.07) is 11.7. The van der Waals surface area contributed by atoms with Crippen LogP contribution in [0.4, 0.5) is 17.1 Å². The van der Waals surface area contributed by atoms with E-state index in [1.165, 1.54) is 6.07 Å². The number of carbonyl (C=O) groups excluding carboxylic acids is 1. The zero-order valence-electron chi connectivity index (χ0n) is 14.4. The Morgan fingerprint density at radius 1 is 1.27 bits per heavy atom. The third-order valence-corrected chi connectivity index (χ3v) is 4.86. The average Bonchev–Trinajstić information content (AvgIpc) is 2.61. The molecule has 3 rings (SSSR count). The van der Waals surface area contributed by atoms with Gasteiger partial charge in [-0.15, -0.1) is 0 Å². The third kappa shape index (κ3) is 3.96. The number of benzene rings is 2. The topological polar surface area (TPSA) is 75.5 Å². The first kappa shape index (κ1) is 18.2. The fraction of sp³-hybridized carbons (Fsp3) is 0.316. The minimum absolute atomic E-state index is 0.0440. The van der Waals surface area contributed by atoms with E-state index in [1.54, 1.807) is 36.4 Å². The Morgan fingerprint density at radius 3 is 2.77 bits per heavy atom. The molecular formula is C19H20ClN3O3. The summed E-state index contributed by atoms with van der Waals surface area (Å²) in [7, 11) is 0. The smallest absolute Gasteiger partial charge is 0.293 e. The maximum Gasteiger partial charge on any atom is 0.293 e. The zero-order valence-corrected chi connectivity index (χ0v) is 15.2. The number of amides is 1. The minimum Gasteiger partial charge on any atom is -0.363 e. The van der Waals surface area contributed by atoms with Crippen LogP contribution in [-0.2, 0) is 0 Å². The van der Waals surface area contributed by atoms with E-state index in [-0.39, 0.29) is 17.3 Å². The second-order valence-corrected chi connectivity index (χ2v) is 6.90. The number of nitro groups is 1. The summed E-state index contributed by atoms with van der Waals surface area (Å²) in [6.07, 6.45) is 3.15. The van der Waals surface area contributed by atoms with Crippen molar-refractivity contribution < 1.29 is 9.72 Å². The van der Waals surface area contributed by atoms with Gasteiger partial charge in [0.25, 0.3) is 11.6 Å². The highest BCUT2D eigenvalue weighted by atomic mass is 35.5. The quantitative estimate of drug-likeness (QED) is 0.612.